The van der Waals surface area contributed by atoms with Crippen LogP contribution in [-0.2, 0) is 11.2 Å². The molecular weight excluding hydrogens is 277 g/mol. The fraction of sp³-hybridized carbons (Fsp3) is 0.625. The van der Waals surface area contributed by atoms with Gasteiger partial charge < -0.3 is 10.1 Å². The molecule has 1 aromatic rings. The largest absolute Gasteiger partial charge is 0.376 e. The average molecular weight is 302 g/mol. The van der Waals surface area contributed by atoms with Gasteiger partial charge in [-0.15, -0.1) is 0 Å². The van der Waals surface area contributed by atoms with Crippen molar-refractivity contribution in [3.05, 3.63) is 34.6 Å². The molecule has 0 saturated carbocycles. The first-order valence-electron chi connectivity index (χ1n) is 7.03. The second-order valence-corrected chi connectivity index (χ2v) is 6.46. The van der Waals surface area contributed by atoms with Crippen LogP contribution in [0.5, 0.6) is 0 Å². The second-order valence-electron chi connectivity index (χ2n) is 6.05. The van der Waals surface area contributed by atoms with Crippen molar-refractivity contribution in [3.8, 4) is 0 Å². The molecule has 0 fully saturated rings. The van der Waals surface area contributed by atoms with Gasteiger partial charge in [0.2, 0.25) is 0 Å². The summed E-state index contributed by atoms with van der Waals surface area (Å²) in [7, 11) is 1.88. The summed E-state index contributed by atoms with van der Waals surface area (Å²) in [6, 6.07) is 5.15. The van der Waals surface area contributed by atoms with Crippen LogP contribution in [0.15, 0.2) is 18.2 Å². The van der Waals surface area contributed by atoms with Crippen molar-refractivity contribution in [2.75, 3.05) is 13.7 Å². The molecule has 4 heteroatoms. The number of benzene rings is 1. The molecule has 0 bridgehead atoms. The fourth-order valence-corrected chi connectivity index (χ4v) is 2.65. The predicted molar refractivity (Wildman–Crippen MR) is 82.8 cm³/mol. The van der Waals surface area contributed by atoms with Crippen LogP contribution in [0.1, 0.15) is 33.3 Å². The van der Waals surface area contributed by atoms with Crippen LogP contribution in [-0.4, -0.2) is 25.8 Å². The van der Waals surface area contributed by atoms with Crippen molar-refractivity contribution >= 4 is 11.6 Å². The average Bonchev–Trinajstić information content (AvgIpc) is 2.37. The molecule has 114 valence electrons. The number of likely N-dealkylation sites (N-methyl/N-ethyl adjacent to an activating group) is 1. The van der Waals surface area contributed by atoms with Gasteiger partial charge in [0.15, 0.2) is 0 Å². The first-order chi connectivity index (χ1) is 9.31. The van der Waals surface area contributed by atoms with Gasteiger partial charge in [-0.05, 0) is 37.4 Å². The minimum Gasteiger partial charge on any atom is -0.376 e. The summed E-state index contributed by atoms with van der Waals surface area (Å²) in [4.78, 5) is 0. The van der Waals surface area contributed by atoms with Crippen molar-refractivity contribution in [2.24, 2.45) is 5.41 Å². The molecule has 0 heterocycles. The van der Waals surface area contributed by atoms with Gasteiger partial charge in [-0.25, -0.2) is 4.39 Å². The lowest BCUT2D eigenvalue weighted by molar-refractivity contribution is -0.0341. The molecule has 0 amide bonds. The Balaban J connectivity index is 2.97. The summed E-state index contributed by atoms with van der Waals surface area (Å²) in [6.45, 7) is 9.01. The lowest BCUT2D eigenvalue weighted by Crippen LogP contribution is -2.48. The number of nitrogens with one attached hydrogen (secondary N) is 1. The zero-order chi connectivity index (χ0) is 15.3. The van der Waals surface area contributed by atoms with E-state index in [0.717, 1.165) is 0 Å². The van der Waals surface area contributed by atoms with Gasteiger partial charge in [0, 0.05) is 12.6 Å². The number of hydrogen-bond acceptors (Lipinski definition) is 2. The van der Waals surface area contributed by atoms with Gasteiger partial charge in [0.05, 0.1) is 11.1 Å². The van der Waals surface area contributed by atoms with Gasteiger partial charge in [-0.1, -0.05) is 44.5 Å². The van der Waals surface area contributed by atoms with Crippen molar-refractivity contribution < 1.29 is 9.13 Å². The maximum Gasteiger partial charge on any atom is 0.145 e. The van der Waals surface area contributed by atoms with E-state index in [-0.39, 0.29) is 28.4 Å². The van der Waals surface area contributed by atoms with E-state index in [1.54, 1.807) is 18.2 Å². The minimum atomic E-state index is -0.335. The molecule has 2 nitrogen and oxygen atoms in total. The summed E-state index contributed by atoms with van der Waals surface area (Å²) in [5.74, 6) is -0.335. The summed E-state index contributed by atoms with van der Waals surface area (Å²) >= 11 is 5.84. The Labute approximate surface area is 126 Å². The standard InChI is InChI=1S/C16H25ClFNO/c1-6-20-15(16(2,3)4)13(19-5)10-11-8-7-9-12(17)14(11)18/h7-9,13,15,19H,6,10H2,1-5H3. The topological polar surface area (TPSA) is 21.3 Å². The van der Waals surface area contributed by atoms with Gasteiger partial charge in [-0.3, -0.25) is 0 Å². The molecule has 2 atom stereocenters. The fourth-order valence-electron chi connectivity index (χ4n) is 2.45. The van der Waals surface area contributed by atoms with Crippen molar-refractivity contribution in [2.45, 2.75) is 46.3 Å². The van der Waals surface area contributed by atoms with E-state index in [1.807, 2.05) is 14.0 Å². The Morgan fingerprint density at radius 2 is 2.00 bits per heavy atom. The Hall–Kier alpha value is -0.640. The quantitative estimate of drug-likeness (QED) is 0.855. The second kappa shape index (κ2) is 7.39. The van der Waals surface area contributed by atoms with Crippen LogP contribution in [0.25, 0.3) is 0 Å². The zero-order valence-corrected chi connectivity index (χ0v) is 13.7. The molecule has 0 saturated heterocycles. The zero-order valence-electron chi connectivity index (χ0n) is 13.0. The van der Waals surface area contributed by atoms with E-state index in [1.165, 1.54) is 0 Å². The van der Waals surface area contributed by atoms with E-state index in [9.17, 15) is 4.39 Å². The number of rotatable bonds is 6. The van der Waals surface area contributed by atoms with Crippen LogP contribution in [0.4, 0.5) is 4.39 Å². The molecule has 0 spiro atoms. The van der Waals surface area contributed by atoms with E-state index >= 15 is 0 Å². The summed E-state index contributed by atoms with van der Waals surface area (Å²) in [5, 5.41) is 3.42. The maximum atomic E-state index is 14.0. The predicted octanol–water partition coefficient (Wildman–Crippen LogP) is 4.06. The van der Waals surface area contributed by atoms with Crippen LogP contribution in [0.2, 0.25) is 5.02 Å². The molecule has 1 N–H and O–H groups in total. The number of ether oxygens (including phenoxy) is 1. The SMILES string of the molecule is CCOC(C(Cc1cccc(Cl)c1F)NC)C(C)(C)C. The first-order valence-corrected chi connectivity index (χ1v) is 7.40. The van der Waals surface area contributed by atoms with Crippen molar-refractivity contribution in [3.63, 3.8) is 0 Å². The lowest BCUT2D eigenvalue weighted by Gasteiger charge is -2.37. The summed E-state index contributed by atoms with van der Waals surface area (Å²) in [6.07, 6.45) is 0.543. The maximum absolute atomic E-state index is 14.0. The molecule has 0 aliphatic rings. The third kappa shape index (κ3) is 4.44. The molecule has 0 aliphatic carbocycles. The highest BCUT2D eigenvalue weighted by atomic mass is 35.5. The Morgan fingerprint density at radius 3 is 2.50 bits per heavy atom. The van der Waals surface area contributed by atoms with Gasteiger partial charge in [-0.2, -0.15) is 0 Å². The van der Waals surface area contributed by atoms with E-state index < -0.39 is 0 Å². The monoisotopic (exact) mass is 301 g/mol. The molecular formula is C16H25ClFNO. The Kier molecular flexibility index (Phi) is 6.44. The van der Waals surface area contributed by atoms with Gasteiger partial charge >= 0.3 is 0 Å². The Morgan fingerprint density at radius 1 is 1.35 bits per heavy atom. The normalized spacial score (nSPS) is 15.2. The van der Waals surface area contributed by atoms with Crippen LogP contribution < -0.4 is 5.32 Å². The molecule has 0 radical (unpaired) electrons. The molecule has 20 heavy (non-hydrogen) atoms. The highest BCUT2D eigenvalue weighted by Crippen LogP contribution is 2.28. The highest BCUT2D eigenvalue weighted by molar-refractivity contribution is 6.30. The molecule has 0 aliphatic heterocycles. The minimum absolute atomic E-state index is 0.00381. The van der Waals surface area contributed by atoms with E-state index in [0.29, 0.717) is 18.6 Å². The Bertz CT molecular complexity index is 431. The van der Waals surface area contributed by atoms with Gasteiger partial charge in [0.25, 0.3) is 0 Å². The van der Waals surface area contributed by atoms with Crippen molar-refractivity contribution in [1.29, 1.82) is 0 Å². The molecule has 0 aromatic heterocycles. The lowest BCUT2D eigenvalue weighted by atomic mass is 9.82. The van der Waals surface area contributed by atoms with Crippen LogP contribution in [0.3, 0.4) is 0 Å². The van der Waals surface area contributed by atoms with E-state index in [2.05, 4.69) is 26.1 Å². The summed E-state index contributed by atoms with van der Waals surface area (Å²) < 4.78 is 19.9. The van der Waals surface area contributed by atoms with E-state index in [4.69, 9.17) is 16.3 Å². The third-order valence-electron chi connectivity index (χ3n) is 3.41. The van der Waals surface area contributed by atoms with Gasteiger partial charge in [0.1, 0.15) is 5.82 Å². The highest BCUT2D eigenvalue weighted by Gasteiger charge is 2.32. The summed E-state index contributed by atoms with van der Waals surface area (Å²) in [5.41, 5.74) is 0.587. The first kappa shape index (κ1) is 17.4. The number of hydrogen-bond donors (Lipinski definition) is 1. The van der Waals surface area contributed by atoms with Crippen LogP contribution in [0, 0.1) is 11.2 Å². The number of halogens is 2. The molecule has 1 aromatic carbocycles. The molecule has 2 unspecified atom stereocenters. The van der Waals surface area contributed by atoms with Crippen LogP contribution >= 0.6 is 11.6 Å². The van der Waals surface area contributed by atoms with Crippen molar-refractivity contribution in [1.82, 2.24) is 5.32 Å². The smallest absolute Gasteiger partial charge is 0.145 e. The third-order valence-corrected chi connectivity index (χ3v) is 3.70. The molecule has 1 rings (SSSR count).